The van der Waals surface area contributed by atoms with Crippen molar-refractivity contribution >= 4 is 17.5 Å². The van der Waals surface area contributed by atoms with Gasteiger partial charge in [-0.3, -0.25) is 24.4 Å². The minimum absolute atomic E-state index is 0.172. The van der Waals surface area contributed by atoms with Gasteiger partial charge in [0.05, 0.1) is 12.1 Å². The second-order valence-electron chi connectivity index (χ2n) is 10.7. The van der Waals surface area contributed by atoms with Crippen LogP contribution in [0.3, 0.4) is 0 Å². The first-order chi connectivity index (χ1) is 14.7. The second-order valence-corrected chi connectivity index (χ2v) is 10.7. The van der Waals surface area contributed by atoms with Crippen LogP contribution in [0.4, 0.5) is 0 Å². The largest absolute Gasteiger partial charge is 0.339 e. The monoisotopic (exact) mass is 432 g/mol. The lowest BCUT2D eigenvalue weighted by molar-refractivity contribution is -0.141. The summed E-state index contributed by atoms with van der Waals surface area (Å²) >= 11 is 0. The first kappa shape index (κ1) is 22.5. The molecule has 1 aliphatic carbocycles. The van der Waals surface area contributed by atoms with Crippen LogP contribution in [-0.2, 0) is 9.59 Å². The molecule has 0 aromatic carbocycles. The number of amides is 2. The summed E-state index contributed by atoms with van der Waals surface area (Å²) in [6.45, 7) is 15.5. The molecule has 31 heavy (non-hydrogen) atoms. The average Bonchev–Trinajstić information content (AvgIpc) is 3.09. The lowest BCUT2D eigenvalue weighted by Crippen LogP contribution is -2.58. The summed E-state index contributed by atoms with van der Waals surface area (Å²) in [6, 6.07) is 0.575. The number of hydrogen-bond donors (Lipinski definition) is 0. The number of piperazine rings is 2. The van der Waals surface area contributed by atoms with Crippen molar-refractivity contribution in [1.29, 1.82) is 0 Å². The third-order valence-electron chi connectivity index (χ3n) is 7.34. The van der Waals surface area contributed by atoms with Crippen molar-refractivity contribution in [3.63, 3.8) is 0 Å². The molecule has 0 radical (unpaired) electrons. The summed E-state index contributed by atoms with van der Waals surface area (Å²) in [4.78, 5) is 34.8. The normalized spacial score (nSPS) is 26.8. The van der Waals surface area contributed by atoms with E-state index in [1.807, 2.05) is 21.7 Å². The number of carbonyl (C=O) groups is 2. The number of hydrazone groups is 1. The summed E-state index contributed by atoms with van der Waals surface area (Å²) in [5.74, 6) is 0.417. The smallest absolute Gasteiger partial charge is 0.247 e. The van der Waals surface area contributed by atoms with E-state index in [2.05, 4.69) is 35.7 Å². The Labute approximate surface area is 187 Å². The Bertz CT molecular complexity index is 697. The van der Waals surface area contributed by atoms with E-state index in [4.69, 9.17) is 0 Å². The van der Waals surface area contributed by atoms with Gasteiger partial charge in [-0.15, -0.1) is 0 Å². The third kappa shape index (κ3) is 5.06. The Kier molecular flexibility index (Phi) is 6.58. The van der Waals surface area contributed by atoms with Crippen molar-refractivity contribution in [2.75, 3.05) is 58.9 Å². The van der Waals surface area contributed by atoms with Crippen LogP contribution >= 0.6 is 0 Å². The van der Waals surface area contributed by atoms with Crippen LogP contribution in [0.15, 0.2) is 5.10 Å². The molecule has 0 aromatic heterocycles. The number of nitrogens with zero attached hydrogens (tertiary/aromatic N) is 6. The third-order valence-corrected chi connectivity index (χ3v) is 7.34. The molecule has 174 valence electrons. The van der Waals surface area contributed by atoms with Gasteiger partial charge in [0.25, 0.3) is 0 Å². The maximum atomic E-state index is 13.2. The molecule has 4 aliphatic rings. The summed E-state index contributed by atoms with van der Waals surface area (Å²) in [6.07, 6.45) is 4.73. The Morgan fingerprint density at radius 3 is 2.10 bits per heavy atom. The van der Waals surface area contributed by atoms with E-state index in [1.165, 1.54) is 19.3 Å². The van der Waals surface area contributed by atoms with Crippen LogP contribution in [0, 0.1) is 0 Å². The van der Waals surface area contributed by atoms with E-state index in [-0.39, 0.29) is 23.4 Å². The van der Waals surface area contributed by atoms with E-state index in [9.17, 15) is 9.59 Å². The molecule has 2 saturated heterocycles. The Balaban J connectivity index is 1.22. The van der Waals surface area contributed by atoms with Gasteiger partial charge in [0.1, 0.15) is 6.04 Å². The van der Waals surface area contributed by atoms with Crippen molar-refractivity contribution in [3.05, 3.63) is 0 Å². The van der Waals surface area contributed by atoms with Gasteiger partial charge < -0.3 is 9.80 Å². The zero-order chi connectivity index (χ0) is 22.2. The number of hydrogen-bond acceptors (Lipinski definition) is 6. The van der Waals surface area contributed by atoms with Crippen molar-refractivity contribution in [1.82, 2.24) is 24.6 Å². The van der Waals surface area contributed by atoms with Crippen LogP contribution in [0.1, 0.15) is 53.4 Å². The SMILES string of the molecule is CC1=NN(C(C)(C)C)C(C(=O)N2CCN(CC(=O)N3CCN(C4CCC4)CC3)CC2)C1. The summed E-state index contributed by atoms with van der Waals surface area (Å²) < 4.78 is 0. The molecule has 2 amide bonds. The highest BCUT2D eigenvalue weighted by atomic mass is 16.2. The van der Waals surface area contributed by atoms with E-state index < -0.39 is 0 Å². The van der Waals surface area contributed by atoms with E-state index in [0.717, 1.165) is 51.0 Å². The van der Waals surface area contributed by atoms with Crippen LogP contribution in [0.25, 0.3) is 0 Å². The van der Waals surface area contributed by atoms with E-state index in [0.29, 0.717) is 26.1 Å². The zero-order valence-corrected chi connectivity index (χ0v) is 19.8. The van der Waals surface area contributed by atoms with Crippen LogP contribution in [0.5, 0.6) is 0 Å². The van der Waals surface area contributed by atoms with E-state index >= 15 is 0 Å². The van der Waals surface area contributed by atoms with Crippen LogP contribution in [0.2, 0.25) is 0 Å². The van der Waals surface area contributed by atoms with Gasteiger partial charge in [-0.05, 0) is 40.5 Å². The van der Waals surface area contributed by atoms with Gasteiger partial charge in [0.15, 0.2) is 0 Å². The molecule has 0 aromatic rings. The van der Waals surface area contributed by atoms with Crippen LogP contribution < -0.4 is 0 Å². The highest BCUT2D eigenvalue weighted by Gasteiger charge is 2.40. The predicted octanol–water partition coefficient (Wildman–Crippen LogP) is 1.08. The Hall–Kier alpha value is -1.67. The quantitative estimate of drug-likeness (QED) is 0.665. The maximum absolute atomic E-state index is 13.2. The molecule has 3 heterocycles. The fourth-order valence-electron chi connectivity index (χ4n) is 5.19. The van der Waals surface area contributed by atoms with Crippen molar-refractivity contribution < 1.29 is 9.59 Å². The number of carbonyl (C=O) groups excluding carboxylic acids is 2. The molecule has 0 bridgehead atoms. The molecule has 1 saturated carbocycles. The standard InChI is InChI=1S/C23H40N6O2/c1-18-16-20(29(24-18)23(2,3)4)22(31)28-10-8-25(9-11-28)17-21(30)27-14-12-26(13-15-27)19-6-5-7-19/h19-20H,5-17H2,1-4H3. The summed E-state index contributed by atoms with van der Waals surface area (Å²) in [5.41, 5.74) is 0.851. The molecule has 3 aliphatic heterocycles. The van der Waals surface area contributed by atoms with Crippen molar-refractivity contribution in [3.8, 4) is 0 Å². The minimum atomic E-state index is -0.194. The Morgan fingerprint density at radius 1 is 0.935 bits per heavy atom. The second kappa shape index (κ2) is 9.06. The predicted molar refractivity (Wildman–Crippen MR) is 122 cm³/mol. The topological polar surface area (TPSA) is 62.7 Å². The van der Waals surface area contributed by atoms with Gasteiger partial charge in [-0.2, -0.15) is 5.10 Å². The first-order valence-electron chi connectivity index (χ1n) is 12.1. The molecule has 8 heteroatoms. The van der Waals surface area contributed by atoms with Gasteiger partial charge in [-0.25, -0.2) is 0 Å². The molecular formula is C23H40N6O2. The lowest BCUT2D eigenvalue weighted by Gasteiger charge is -2.43. The molecule has 1 atom stereocenters. The minimum Gasteiger partial charge on any atom is -0.339 e. The molecule has 8 nitrogen and oxygen atoms in total. The molecule has 4 rings (SSSR count). The molecule has 0 spiro atoms. The number of rotatable bonds is 4. The Morgan fingerprint density at radius 2 is 1.55 bits per heavy atom. The molecular weight excluding hydrogens is 392 g/mol. The summed E-state index contributed by atoms with van der Waals surface area (Å²) in [5, 5.41) is 6.60. The highest BCUT2D eigenvalue weighted by Crippen LogP contribution is 2.27. The van der Waals surface area contributed by atoms with Crippen LogP contribution in [-0.4, -0.2) is 119 Å². The van der Waals surface area contributed by atoms with Gasteiger partial charge in [-0.1, -0.05) is 6.42 Å². The molecule has 3 fully saturated rings. The maximum Gasteiger partial charge on any atom is 0.247 e. The van der Waals surface area contributed by atoms with Crippen molar-refractivity contribution in [2.45, 2.75) is 71.0 Å². The van der Waals surface area contributed by atoms with Crippen molar-refractivity contribution in [2.24, 2.45) is 5.10 Å². The van der Waals surface area contributed by atoms with E-state index in [1.54, 1.807) is 0 Å². The zero-order valence-electron chi connectivity index (χ0n) is 19.8. The fourth-order valence-corrected chi connectivity index (χ4v) is 5.19. The highest BCUT2D eigenvalue weighted by molar-refractivity contribution is 5.93. The lowest BCUT2D eigenvalue weighted by atomic mass is 9.91. The van der Waals surface area contributed by atoms with Gasteiger partial charge >= 0.3 is 0 Å². The molecule has 1 unspecified atom stereocenters. The van der Waals surface area contributed by atoms with Gasteiger partial charge in [0, 0.05) is 70.5 Å². The fraction of sp³-hybridized carbons (Fsp3) is 0.870. The molecule has 0 N–H and O–H groups in total. The average molecular weight is 433 g/mol. The summed E-state index contributed by atoms with van der Waals surface area (Å²) in [7, 11) is 0. The van der Waals surface area contributed by atoms with Gasteiger partial charge in [0.2, 0.25) is 11.8 Å². The first-order valence-corrected chi connectivity index (χ1v) is 12.1.